The van der Waals surface area contributed by atoms with Gasteiger partial charge in [0.2, 0.25) is 0 Å². The van der Waals surface area contributed by atoms with Crippen LogP contribution in [0.4, 0.5) is 0 Å². The lowest BCUT2D eigenvalue weighted by Crippen LogP contribution is -2.32. The van der Waals surface area contributed by atoms with Crippen LogP contribution in [0.1, 0.15) is 18.4 Å². The summed E-state index contributed by atoms with van der Waals surface area (Å²) in [7, 11) is 0. The average molecular weight is 439 g/mol. The molecule has 0 saturated heterocycles. The lowest BCUT2D eigenvalue weighted by molar-refractivity contribution is 0.104. The van der Waals surface area contributed by atoms with E-state index in [1.54, 1.807) is 24.3 Å². The Morgan fingerprint density at radius 1 is 0.750 bits per heavy atom. The molecular formula is C26H34N2O4. The maximum Gasteiger partial charge on any atom is 0.119 e. The summed E-state index contributed by atoms with van der Waals surface area (Å²) in [5, 5.41) is 26.7. The lowest BCUT2D eigenvalue weighted by atomic mass is 10.1. The van der Waals surface area contributed by atoms with Crippen LogP contribution >= 0.6 is 0 Å². The number of rotatable bonds is 14. The molecule has 2 aromatic rings. The molecule has 0 bridgehead atoms. The van der Waals surface area contributed by atoms with Crippen molar-refractivity contribution >= 4 is 0 Å². The second-order valence-corrected chi connectivity index (χ2v) is 7.91. The molecule has 3 rings (SSSR count). The molecule has 2 atom stereocenters. The number of aliphatic hydroxyl groups excluding tert-OH is 2. The Bertz CT molecular complexity index is 837. The van der Waals surface area contributed by atoms with Gasteiger partial charge < -0.3 is 30.3 Å². The first-order valence-corrected chi connectivity index (χ1v) is 11.2. The molecule has 0 heterocycles. The van der Waals surface area contributed by atoms with Gasteiger partial charge in [0.25, 0.3) is 0 Å². The molecule has 0 radical (unpaired) electrons. The summed E-state index contributed by atoms with van der Waals surface area (Å²) < 4.78 is 11.3. The summed E-state index contributed by atoms with van der Waals surface area (Å²) in [5.41, 5.74) is 2.44. The first kappa shape index (κ1) is 24.0. The molecule has 0 saturated carbocycles. The van der Waals surface area contributed by atoms with E-state index < -0.39 is 12.2 Å². The van der Waals surface area contributed by atoms with Gasteiger partial charge >= 0.3 is 0 Å². The van der Waals surface area contributed by atoms with Gasteiger partial charge in [-0.25, -0.2) is 0 Å². The number of allylic oxidation sites excluding steroid dienone is 2. The van der Waals surface area contributed by atoms with Crippen molar-refractivity contribution in [3.8, 4) is 11.5 Å². The van der Waals surface area contributed by atoms with Crippen LogP contribution in [0.3, 0.4) is 0 Å². The predicted octanol–water partition coefficient (Wildman–Crippen LogP) is 2.82. The molecular weight excluding hydrogens is 404 g/mol. The number of hydrogen-bond donors (Lipinski definition) is 4. The van der Waals surface area contributed by atoms with Crippen molar-refractivity contribution in [1.29, 1.82) is 0 Å². The van der Waals surface area contributed by atoms with Gasteiger partial charge in [-0.3, -0.25) is 0 Å². The number of nitrogens with one attached hydrogen (secondary N) is 2. The van der Waals surface area contributed by atoms with Crippen molar-refractivity contribution in [2.75, 3.05) is 32.8 Å². The van der Waals surface area contributed by atoms with E-state index in [0.29, 0.717) is 31.1 Å². The molecule has 0 spiro atoms. The summed E-state index contributed by atoms with van der Waals surface area (Å²) in [4.78, 5) is 0. The third-order valence-corrected chi connectivity index (χ3v) is 5.04. The summed E-state index contributed by atoms with van der Waals surface area (Å²) in [6, 6.07) is 17.3. The van der Waals surface area contributed by atoms with Gasteiger partial charge in [-0.05, 0) is 48.2 Å². The van der Waals surface area contributed by atoms with E-state index in [4.69, 9.17) is 9.47 Å². The molecule has 0 aliphatic heterocycles. The standard InChI is InChI=1S/C26H34N2O4/c29-23(17-27-15-21-7-3-1-4-8-21)19-31-25-11-13-26(14-12-25)32-20-24(30)18-28-16-22-9-5-2-6-10-22/h1,3-5,7-14,23-24,27-30H,2,6,15-20H2. The van der Waals surface area contributed by atoms with Crippen LogP contribution < -0.4 is 20.1 Å². The Balaban J connectivity index is 1.27. The average Bonchev–Trinajstić information content (AvgIpc) is 2.83. The zero-order valence-electron chi connectivity index (χ0n) is 18.5. The maximum absolute atomic E-state index is 10.1. The highest BCUT2D eigenvalue weighted by atomic mass is 16.5. The minimum Gasteiger partial charge on any atom is -0.491 e. The van der Waals surface area contributed by atoms with Crippen LogP contribution in [0.5, 0.6) is 11.5 Å². The van der Waals surface area contributed by atoms with E-state index in [1.165, 1.54) is 11.1 Å². The van der Waals surface area contributed by atoms with Gasteiger partial charge in [-0.1, -0.05) is 48.6 Å². The van der Waals surface area contributed by atoms with E-state index in [0.717, 1.165) is 19.4 Å². The highest BCUT2D eigenvalue weighted by Crippen LogP contribution is 2.18. The summed E-state index contributed by atoms with van der Waals surface area (Å²) in [6.07, 6.45) is 7.53. The molecule has 6 nitrogen and oxygen atoms in total. The normalized spacial score (nSPS) is 15.1. The number of hydrogen-bond acceptors (Lipinski definition) is 6. The molecule has 6 heteroatoms. The molecule has 0 fully saturated rings. The van der Waals surface area contributed by atoms with E-state index >= 15 is 0 Å². The fourth-order valence-electron chi connectivity index (χ4n) is 3.30. The van der Waals surface area contributed by atoms with Crippen LogP contribution in [0, 0.1) is 0 Å². The second-order valence-electron chi connectivity index (χ2n) is 7.91. The smallest absolute Gasteiger partial charge is 0.119 e. The molecule has 2 aromatic carbocycles. The molecule has 0 aromatic heterocycles. The number of ether oxygens (including phenoxy) is 2. The van der Waals surface area contributed by atoms with Gasteiger partial charge in [0, 0.05) is 26.2 Å². The van der Waals surface area contributed by atoms with E-state index in [2.05, 4.69) is 28.9 Å². The largest absolute Gasteiger partial charge is 0.491 e. The third kappa shape index (κ3) is 9.24. The lowest BCUT2D eigenvalue weighted by Gasteiger charge is -2.15. The Kier molecular flexibility index (Phi) is 10.3. The number of benzene rings is 2. The molecule has 1 aliphatic carbocycles. The minimum absolute atomic E-state index is 0.206. The Morgan fingerprint density at radius 2 is 1.34 bits per heavy atom. The van der Waals surface area contributed by atoms with Gasteiger partial charge in [0.05, 0.1) is 0 Å². The molecule has 172 valence electrons. The predicted molar refractivity (Wildman–Crippen MR) is 127 cm³/mol. The number of aliphatic hydroxyl groups is 2. The van der Waals surface area contributed by atoms with Gasteiger partial charge in [0.15, 0.2) is 0 Å². The molecule has 4 N–H and O–H groups in total. The summed E-state index contributed by atoms with van der Waals surface area (Å²) >= 11 is 0. The zero-order chi connectivity index (χ0) is 22.4. The molecule has 1 aliphatic rings. The maximum atomic E-state index is 10.1. The van der Waals surface area contributed by atoms with Gasteiger partial charge in [0.1, 0.15) is 36.9 Å². The van der Waals surface area contributed by atoms with Crippen molar-refractivity contribution in [2.24, 2.45) is 0 Å². The van der Waals surface area contributed by atoms with E-state index in [-0.39, 0.29) is 13.2 Å². The summed E-state index contributed by atoms with van der Waals surface area (Å²) in [5.74, 6) is 1.33. The van der Waals surface area contributed by atoms with E-state index in [1.807, 2.05) is 30.3 Å². The molecule has 0 amide bonds. The zero-order valence-corrected chi connectivity index (χ0v) is 18.5. The molecule has 32 heavy (non-hydrogen) atoms. The van der Waals surface area contributed by atoms with Crippen LogP contribution in [0.15, 0.2) is 78.4 Å². The van der Waals surface area contributed by atoms with Gasteiger partial charge in [-0.2, -0.15) is 0 Å². The Morgan fingerprint density at radius 3 is 1.91 bits per heavy atom. The van der Waals surface area contributed by atoms with Crippen LogP contribution in [-0.4, -0.2) is 55.3 Å². The first-order valence-electron chi connectivity index (χ1n) is 11.2. The highest BCUT2D eigenvalue weighted by molar-refractivity contribution is 5.31. The van der Waals surface area contributed by atoms with Crippen LogP contribution in [0.2, 0.25) is 0 Å². The second kappa shape index (κ2) is 13.7. The minimum atomic E-state index is -0.600. The SMILES string of the molecule is OC(CNCC1=CCCC=C1)COc1ccc(OCC(O)CNCc2ccccc2)cc1. The van der Waals surface area contributed by atoms with Crippen LogP contribution in [-0.2, 0) is 6.54 Å². The van der Waals surface area contributed by atoms with Crippen molar-refractivity contribution in [2.45, 2.75) is 31.6 Å². The highest BCUT2D eigenvalue weighted by Gasteiger charge is 2.08. The van der Waals surface area contributed by atoms with E-state index in [9.17, 15) is 10.2 Å². The topological polar surface area (TPSA) is 83.0 Å². The van der Waals surface area contributed by atoms with Crippen molar-refractivity contribution < 1.29 is 19.7 Å². The summed E-state index contributed by atoms with van der Waals surface area (Å²) in [6.45, 7) is 2.82. The first-order chi connectivity index (χ1) is 15.7. The fraction of sp³-hybridized carbons (Fsp3) is 0.385. The molecule has 2 unspecified atom stereocenters. The van der Waals surface area contributed by atoms with Gasteiger partial charge in [-0.15, -0.1) is 0 Å². The third-order valence-electron chi connectivity index (χ3n) is 5.04. The monoisotopic (exact) mass is 438 g/mol. The van der Waals surface area contributed by atoms with Crippen LogP contribution in [0.25, 0.3) is 0 Å². The van der Waals surface area contributed by atoms with Crippen molar-refractivity contribution in [3.63, 3.8) is 0 Å². The Labute approximate surface area is 190 Å². The van der Waals surface area contributed by atoms with Crippen molar-refractivity contribution in [3.05, 3.63) is 84.0 Å². The Hall–Kier alpha value is -2.64. The van der Waals surface area contributed by atoms with Crippen molar-refractivity contribution in [1.82, 2.24) is 10.6 Å². The quantitative estimate of drug-likeness (QED) is 0.363. The fourth-order valence-corrected chi connectivity index (χ4v) is 3.30.